The van der Waals surface area contributed by atoms with Crippen LogP contribution in [0.15, 0.2) is 9.42 Å². The zero-order chi connectivity index (χ0) is 17.1. The Kier molecular flexibility index (Phi) is 5.66. The van der Waals surface area contributed by atoms with Gasteiger partial charge in [-0.15, -0.1) is 0 Å². The number of sulfonamides is 1. The molecule has 0 aliphatic carbocycles. The number of aromatic nitrogens is 1. The van der Waals surface area contributed by atoms with Crippen LogP contribution in [0, 0.1) is 19.8 Å². The Balaban J connectivity index is 2.73. The van der Waals surface area contributed by atoms with Gasteiger partial charge in [0.15, 0.2) is 5.76 Å². The first-order valence-electron chi connectivity index (χ1n) is 6.52. The third-order valence-corrected chi connectivity index (χ3v) is 4.75. The molecular weight excluding hydrogens is 314 g/mol. The number of carbonyl (C=O) groups excluding carboxylic acids is 1. The molecule has 22 heavy (non-hydrogen) atoms. The predicted molar refractivity (Wildman–Crippen MR) is 75.6 cm³/mol. The normalized spacial score (nSPS) is 14.4. The number of carboxylic acids is 1. The smallest absolute Gasteiger partial charge is 0.308 e. The second-order valence-electron chi connectivity index (χ2n) is 4.98. The second-order valence-corrected chi connectivity index (χ2v) is 6.63. The summed E-state index contributed by atoms with van der Waals surface area (Å²) < 4.78 is 31.4. The molecule has 0 saturated carbocycles. The van der Waals surface area contributed by atoms with Crippen LogP contribution in [-0.4, -0.2) is 43.1 Å². The van der Waals surface area contributed by atoms with Crippen molar-refractivity contribution in [3.05, 3.63) is 11.5 Å². The van der Waals surface area contributed by atoms with Gasteiger partial charge < -0.3 is 14.9 Å². The monoisotopic (exact) mass is 333 g/mol. The summed E-state index contributed by atoms with van der Waals surface area (Å²) in [5.74, 6) is -2.32. The number of nitrogens with one attached hydrogen (secondary N) is 2. The van der Waals surface area contributed by atoms with Gasteiger partial charge >= 0.3 is 5.97 Å². The number of rotatable bonds is 7. The molecule has 0 radical (unpaired) electrons. The number of carbonyl (C=O) groups is 2. The van der Waals surface area contributed by atoms with E-state index in [9.17, 15) is 18.0 Å². The third-order valence-electron chi connectivity index (χ3n) is 2.97. The van der Waals surface area contributed by atoms with Crippen molar-refractivity contribution in [3.8, 4) is 0 Å². The van der Waals surface area contributed by atoms with Crippen molar-refractivity contribution >= 4 is 21.9 Å². The van der Waals surface area contributed by atoms with Crippen LogP contribution in [-0.2, 0) is 19.6 Å². The third kappa shape index (κ3) is 4.28. The Morgan fingerprint density at radius 2 is 1.91 bits per heavy atom. The molecule has 0 aliphatic rings. The van der Waals surface area contributed by atoms with Crippen LogP contribution < -0.4 is 10.0 Å². The highest BCUT2D eigenvalue weighted by Crippen LogP contribution is 2.18. The summed E-state index contributed by atoms with van der Waals surface area (Å²) in [5.41, 5.74) is 0.192. The summed E-state index contributed by atoms with van der Waals surface area (Å²) in [6, 6.07) is -1.07. The minimum absolute atomic E-state index is 0.0917. The largest absolute Gasteiger partial charge is 0.481 e. The highest BCUT2D eigenvalue weighted by Gasteiger charge is 2.28. The number of aryl methyl sites for hydroxylation is 2. The van der Waals surface area contributed by atoms with E-state index in [-0.39, 0.29) is 22.9 Å². The minimum Gasteiger partial charge on any atom is -0.481 e. The molecule has 1 aromatic rings. The van der Waals surface area contributed by atoms with Gasteiger partial charge in [-0.05, 0) is 20.8 Å². The summed E-state index contributed by atoms with van der Waals surface area (Å²) in [4.78, 5) is 22.4. The molecule has 0 saturated heterocycles. The number of amides is 1. The fraction of sp³-hybridized carbons (Fsp3) is 0.583. The van der Waals surface area contributed by atoms with Crippen LogP contribution in [0.3, 0.4) is 0 Å². The van der Waals surface area contributed by atoms with Crippen LogP contribution in [0.2, 0.25) is 0 Å². The molecule has 0 aromatic carbocycles. The van der Waals surface area contributed by atoms with E-state index in [2.05, 4.69) is 15.2 Å². The van der Waals surface area contributed by atoms with Gasteiger partial charge in [-0.25, -0.2) is 8.42 Å². The van der Waals surface area contributed by atoms with Crippen molar-refractivity contribution in [1.29, 1.82) is 0 Å². The van der Waals surface area contributed by atoms with Crippen molar-refractivity contribution in [3.63, 3.8) is 0 Å². The van der Waals surface area contributed by atoms with Gasteiger partial charge in [0.25, 0.3) is 0 Å². The van der Waals surface area contributed by atoms with E-state index < -0.39 is 33.9 Å². The lowest BCUT2D eigenvalue weighted by molar-refractivity contribution is -0.141. The van der Waals surface area contributed by atoms with Gasteiger partial charge in [0.05, 0.1) is 12.0 Å². The van der Waals surface area contributed by atoms with E-state index in [0.29, 0.717) is 0 Å². The molecule has 0 spiro atoms. The van der Waals surface area contributed by atoms with Crippen LogP contribution in [0.5, 0.6) is 0 Å². The fourth-order valence-electron chi connectivity index (χ4n) is 1.70. The Bertz CT molecular complexity index is 647. The molecule has 1 heterocycles. The Labute approximate surface area is 128 Å². The molecule has 10 heteroatoms. The first-order valence-corrected chi connectivity index (χ1v) is 8.00. The number of nitrogens with zero attached hydrogens (tertiary/aromatic N) is 1. The predicted octanol–water partition coefficient (Wildman–Crippen LogP) is -0.205. The van der Waals surface area contributed by atoms with Gasteiger partial charge in [0.1, 0.15) is 10.6 Å². The molecule has 1 aromatic heterocycles. The van der Waals surface area contributed by atoms with Crippen LogP contribution in [0.1, 0.15) is 25.3 Å². The quantitative estimate of drug-likeness (QED) is 0.627. The Morgan fingerprint density at radius 1 is 1.32 bits per heavy atom. The lowest BCUT2D eigenvalue weighted by atomic mass is 10.2. The van der Waals surface area contributed by atoms with Gasteiger partial charge in [-0.3, -0.25) is 9.59 Å². The van der Waals surface area contributed by atoms with Crippen molar-refractivity contribution in [2.75, 3.05) is 6.54 Å². The van der Waals surface area contributed by atoms with E-state index in [1.54, 1.807) is 0 Å². The number of aliphatic carboxylic acids is 1. The first kappa shape index (κ1) is 18.1. The van der Waals surface area contributed by atoms with Crippen LogP contribution >= 0.6 is 0 Å². The molecule has 124 valence electrons. The molecule has 0 bridgehead atoms. The average molecular weight is 333 g/mol. The van der Waals surface area contributed by atoms with E-state index in [1.807, 2.05) is 0 Å². The summed E-state index contributed by atoms with van der Waals surface area (Å²) in [5, 5.41) is 14.7. The van der Waals surface area contributed by atoms with Crippen molar-refractivity contribution in [1.82, 2.24) is 15.2 Å². The zero-order valence-electron chi connectivity index (χ0n) is 12.7. The first-order chi connectivity index (χ1) is 10.1. The molecule has 1 amide bonds. The van der Waals surface area contributed by atoms with E-state index >= 15 is 0 Å². The lowest BCUT2D eigenvalue weighted by Gasteiger charge is -2.15. The minimum atomic E-state index is -3.96. The Morgan fingerprint density at radius 3 is 2.36 bits per heavy atom. The maximum Gasteiger partial charge on any atom is 0.308 e. The van der Waals surface area contributed by atoms with Gasteiger partial charge in [-0.1, -0.05) is 12.1 Å². The van der Waals surface area contributed by atoms with Crippen LogP contribution in [0.25, 0.3) is 0 Å². The molecular formula is C12H19N3O6S. The Hall–Kier alpha value is -1.94. The average Bonchev–Trinajstić information content (AvgIpc) is 2.74. The van der Waals surface area contributed by atoms with Gasteiger partial charge in [-0.2, -0.15) is 4.72 Å². The summed E-state index contributed by atoms with van der Waals surface area (Å²) in [6.07, 6.45) is 0. The molecule has 2 atom stereocenters. The summed E-state index contributed by atoms with van der Waals surface area (Å²) in [7, 11) is -3.96. The number of carboxylic acid groups (broad SMARTS) is 1. The topological polar surface area (TPSA) is 139 Å². The number of hydrogen-bond donors (Lipinski definition) is 3. The zero-order valence-corrected chi connectivity index (χ0v) is 13.5. The molecule has 0 aliphatic heterocycles. The van der Waals surface area contributed by atoms with Gasteiger partial charge in [0, 0.05) is 6.54 Å². The lowest BCUT2D eigenvalue weighted by Crippen LogP contribution is -2.46. The summed E-state index contributed by atoms with van der Waals surface area (Å²) >= 11 is 0. The van der Waals surface area contributed by atoms with Crippen molar-refractivity contribution in [2.45, 2.75) is 38.6 Å². The van der Waals surface area contributed by atoms with E-state index in [4.69, 9.17) is 9.63 Å². The van der Waals surface area contributed by atoms with Crippen molar-refractivity contribution in [2.24, 2.45) is 5.92 Å². The maximum atomic E-state index is 12.2. The number of hydrogen-bond acceptors (Lipinski definition) is 6. The standard InChI is InChI=1S/C12H19N3O6S/c1-6(12(17)18)5-13-11(16)8(3)15-22(19,20)10-7(2)14-21-9(10)4/h6,8,15H,5H2,1-4H3,(H,13,16)(H,17,18). The molecule has 9 nitrogen and oxygen atoms in total. The van der Waals surface area contributed by atoms with E-state index in [0.717, 1.165) is 0 Å². The van der Waals surface area contributed by atoms with Gasteiger partial charge in [0.2, 0.25) is 15.9 Å². The molecule has 0 fully saturated rings. The van der Waals surface area contributed by atoms with E-state index in [1.165, 1.54) is 27.7 Å². The van der Waals surface area contributed by atoms with Crippen LogP contribution in [0.4, 0.5) is 0 Å². The molecule has 2 unspecified atom stereocenters. The second kappa shape index (κ2) is 6.88. The highest BCUT2D eigenvalue weighted by molar-refractivity contribution is 7.89. The fourth-order valence-corrected chi connectivity index (χ4v) is 3.23. The molecule has 1 rings (SSSR count). The maximum absolute atomic E-state index is 12.2. The summed E-state index contributed by atoms with van der Waals surface area (Å²) in [6.45, 7) is 5.63. The van der Waals surface area contributed by atoms with Crippen molar-refractivity contribution < 1.29 is 27.6 Å². The highest BCUT2D eigenvalue weighted by atomic mass is 32.2. The molecule has 3 N–H and O–H groups in total. The SMILES string of the molecule is Cc1noc(C)c1S(=O)(=O)NC(C)C(=O)NCC(C)C(=O)O.